The zero-order chi connectivity index (χ0) is 20.6. The fraction of sp³-hybridized carbons (Fsp3) is 0.143. The van der Waals surface area contributed by atoms with Crippen molar-refractivity contribution >= 4 is 23.5 Å². The van der Waals surface area contributed by atoms with E-state index in [0.29, 0.717) is 23.7 Å². The maximum absolute atomic E-state index is 12.5. The van der Waals surface area contributed by atoms with Gasteiger partial charge in [0.2, 0.25) is 5.95 Å². The number of hydrogen-bond acceptors (Lipinski definition) is 7. The molecule has 1 aromatic heterocycles. The molecule has 8 heteroatoms. The molecule has 148 valence electrons. The molecule has 0 saturated heterocycles. The van der Waals surface area contributed by atoms with Crippen LogP contribution in [0.2, 0.25) is 0 Å². The van der Waals surface area contributed by atoms with Crippen LogP contribution in [0.25, 0.3) is 0 Å². The van der Waals surface area contributed by atoms with Crippen molar-refractivity contribution in [3.8, 4) is 5.75 Å². The Kier molecular flexibility index (Phi) is 6.36. The molecule has 0 spiro atoms. The number of ether oxygens (including phenoxy) is 2. The van der Waals surface area contributed by atoms with Crippen molar-refractivity contribution in [2.45, 2.75) is 6.54 Å². The third-order valence-corrected chi connectivity index (χ3v) is 4.04. The van der Waals surface area contributed by atoms with Gasteiger partial charge in [0, 0.05) is 18.4 Å². The van der Waals surface area contributed by atoms with Crippen LogP contribution in [-0.2, 0) is 11.3 Å². The third-order valence-electron chi connectivity index (χ3n) is 4.04. The molecule has 0 saturated carbocycles. The summed E-state index contributed by atoms with van der Waals surface area (Å²) in [5.74, 6) is 0.215. The first-order valence-corrected chi connectivity index (χ1v) is 8.78. The third kappa shape index (κ3) is 5.29. The van der Waals surface area contributed by atoms with Crippen LogP contribution in [0.1, 0.15) is 26.4 Å². The number of esters is 1. The number of aromatic nitrogens is 2. The highest BCUT2D eigenvalue weighted by Crippen LogP contribution is 2.14. The zero-order valence-electron chi connectivity index (χ0n) is 16.0. The summed E-state index contributed by atoms with van der Waals surface area (Å²) in [5, 5.41) is 5.80. The Labute approximate surface area is 167 Å². The maximum Gasteiger partial charge on any atom is 0.337 e. The Morgan fingerprint density at radius 2 is 1.83 bits per heavy atom. The van der Waals surface area contributed by atoms with Gasteiger partial charge in [0.25, 0.3) is 5.91 Å². The van der Waals surface area contributed by atoms with Gasteiger partial charge in [-0.05, 0) is 42.0 Å². The van der Waals surface area contributed by atoms with Gasteiger partial charge in [-0.2, -0.15) is 0 Å². The van der Waals surface area contributed by atoms with Crippen molar-refractivity contribution in [1.29, 1.82) is 0 Å². The first-order valence-electron chi connectivity index (χ1n) is 8.78. The van der Waals surface area contributed by atoms with E-state index in [9.17, 15) is 9.59 Å². The van der Waals surface area contributed by atoms with Crippen LogP contribution in [0.4, 0.5) is 11.6 Å². The monoisotopic (exact) mass is 392 g/mol. The molecule has 0 aliphatic heterocycles. The van der Waals surface area contributed by atoms with E-state index in [2.05, 4.69) is 25.3 Å². The molecule has 0 atom stereocenters. The molecule has 1 amide bonds. The highest BCUT2D eigenvalue weighted by atomic mass is 16.5. The first-order chi connectivity index (χ1) is 14.1. The Hall–Kier alpha value is -3.94. The smallest absolute Gasteiger partial charge is 0.337 e. The molecule has 0 unspecified atom stereocenters. The summed E-state index contributed by atoms with van der Waals surface area (Å²) in [7, 11) is 2.91. The second-order valence-electron chi connectivity index (χ2n) is 5.99. The topological polar surface area (TPSA) is 102 Å². The van der Waals surface area contributed by atoms with Crippen molar-refractivity contribution in [2.24, 2.45) is 0 Å². The summed E-state index contributed by atoms with van der Waals surface area (Å²) in [6.07, 6.45) is 1.50. The molecule has 3 aromatic rings. The number of methoxy groups -OCH3 is 2. The summed E-state index contributed by atoms with van der Waals surface area (Å²) >= 11 is 0. The highest BCUT2D eigenvalue weighted by Gasteiger charge is 2.11. The van der Waals surface area contributed by atoms with Crippen LogP contribution >= 0.6 is 0 Å². The fourth-order valence-electron chi connectivity index (χ4n) is 2.53. The number of benzene rings is 2. The molecule has 0 radical (unpaired) electrons. The van der Waals surface area contributed by atoms with Crippen LogP contribution in [0, 0.1) is 0 Å². The zero-order valence-corrected chi connectivity index (χ0v) is 16.0. The Morgan fingerprint density at radius 3 is 2.55 bits per heavy atom. The second kappa shape index (κ2) is 9.32. The minimum Gasteiger partial charge on any atom is -0.497 e. The van der Waals surface area contributed by atoms with Crippen molar-refractivity contribution in [1.82, 2.24) is 9.97 Å². The van der Waals surface area contributed by atoms with Crippen LogP contribution in [0.5, 0.6) is 5.75 Å². The number of carbonyl (C=O) groups is 2. The predicted molar refractivity (Wildman–Crippen MR) is 108 cm³/mol. The number of anilines is 2. The molecule has 29 heavy (non-hydrogen) atoms. The lowest BCUT2D eigenvalue weighted by molar-refractivity contribution is 0.0600. The van der Waals surface area contributed by atoms with Crippen molar-refractivity contribution in [3.63, 3.8) is 0 Å². The number of nitrogens with zero attached hydrogens (tertiary/aromatic N) is 2. The summed E-state index contributed by atoms with van der Waals surface area (Å²) < 4.78 is 9.82. The van der Waals surface area contributed by atoms with Crippen LogP contribution in [0.15, 0.2) is 60.8 Å². The number of carbonyl (C=O) groups excluding carboxylic acids is 2. The molecular formula is C21H20N4O4. The summed E-state index contributed by atoms with van der Waals surface area (Å²) in [4.78, 5) is 32.5. The normalized spacial score (nSPS) is 10.1. The largest absolute Gasteiger partial charge is 0.497 e. The van der Waals surface area contributed by atoms with E-state index in [1.54, 1.807) is 25.3 Å². The molecule has 0 aliphatic carbocycles. The van der Waals surface area contributed by atoms with E-state index >= 15 is 0 Å². The average Bonchev–Trinajstić information content (AvgIpc) is 2.77. The van der Waals surface area contributed by atoms with Crippen molar-refractivity contribution in [2.75, 3.05) is 24.9 Å². The van der Waals surface area contributed by atoms with Crippen molar-refractivity contribution in [3.05, 3.63) is 77.6 Å². The molecule has 8 nitrogen and oxygen atoms in total. The van der Waals surface area contributed by atoms with E-state index in [4.69, 9.17) is 4.74 Å². The number of amides is 1. The van der Waals surface area contributed by atoms with Crippen LogP contribution < -0.4 is 15.4 Å². The van der Waals surface area contributed by atoms with Gasteiger partial charge in [-0.25, -0.2) is 14.8 Å². The van der Waals surface area contributed by atoms with E-state index in [1.807, 2.05) is 24.3 Å². The Bertz CT molecular complexity index is 1010. The van der Waals surface area contributed by atoms with E-state index < -0.39 is 11.9 Å². The van der Waals surface area contributed by atoms with Gasteiger partial charge in [0.05, 0.1) is 19.8 Å². The van der Waals surface area contributed by atoms with E-state index in [1.165, 1.54) is 25.4 Å². The van der Waals surface area contributed by atoms with Gasteiger partial charge < -0.3 is 20.1 Å². The Morgan fingerprint density at radius 1 is 1.03 bits per heavy atom. The molecule has 0 bridgehead atoms. The SMILES string of the molecule is COC(=O)c1cccc(NC(=O)c2ccnc(NCc3ccc(OC)cc3)n2)c1. The lowest BCUT2D eigenvalue weighted by Crippen LogP contribution is -2.15. The summed E-state index contributed by atoms with van der Waals surface area (Å²) in [6.45, 7) is 0.496. The van der Waals surface area contributed by atoms with Gasteiger partial charge in [0.1, 0.15) is 11.4 Å². The van der Waals surface area contributed by atoms with E-state index in [0.717, 1.165) is 11.3 Å². The van der Waals surface area contributed by atoms with Crippen LogP contribution in [-0.4, -0.2) is 36.1 Å². The highest BCUT2D eigenvalue weighted by molar-refractivity contribution is 6.03. The molecule has 0 fully saturated rings. The van der Waals surface area contributed by atoms with Gasteiger partial charge >= 0.3 is 5.97 Å². The molecule has 1 heterocycles. The van der Waals surface area contributed by atoms with Gasteiger partial charge in [0.15, 0.2) is 0 Å². The lowest BCUT2D eigenvalue weighted by atomic mass is 10.2. The quantitative estimate of drug-likeness (QED) is 0.596. The average molecular weight is 392 g/mol. The predicted octanol–water partition coefficient (Wildman–Crippen LogP) is 3.14. The van der Waals surface area contributed by atoms with Crippen molar-refractivity contribution < 1.29 is 19.1 Å². The standard InChI is InChI=1S/C21H20N4O4/c1-28-17-8-6-14(7-9-17)13-23-21-22-11-10-18(25-21)19(26)24-16-5-3-4-15(12-16)20(27)29-2/h3-12H,13H2,1-2H3,(H,24,26)(H,22,23,25). The molecule has 2 N–H and O–H groups in total. The number of hydrogen-bond donors (Lipinski definition) is 2. The van der Waals surface area contributed by atoms with Crippen LogP contribution in [0.3, 0.4) is 0 Å². The van der Waals surface area contributed by atoms with Gasteiger partial charge in [-0.15, -0.1) is 0 Å². The Balaban J connectivity index is 1.65. The minimum atomic E-state index is -0.479. The number of nitrogens with one attached hydrogen (secondary N) is 2. The summed E-state index contributed by atoms with van der Waals surface area (Å²) in [6, 6.07) is 15.6. The molecule has 0 aliphatic rings. The molecular weight excluding hydrogens is 372 g/mol. The lowest BCUT2D eigenvalue weighted by Gasteiger charge is -2.09. The number of rotatable bonds is 7. The molecule has 2 aromatic carbocycles. The second-order valence-corrected chi connectivity index (χ2v) is 5.99. The van der Waals surface area contributed by atoms with Gasteiger partial charge in [-0.3, -0.25) is 4.79 Å². The fourth-order valence-corrected chi connectivity index (χ4v) is 2.53. The molecule has 3 rings (SSSR count). The minimum absolute atomic E-state index is 0.195. The first kappa shape index (κ1) is 19.8. The van der Waals surface area contributed by atoms with Gasteiger partial charge in [-0.1, -0.05) is 18.2 Å². The summed E-state index contributed by atoms with van der Waals surface area (Å²) in [5.41, 5.74) is 2.02. The van der Waals surface area contributed by atoms with E-state index in [-0.39, 0.29) is 5.69 Å². The maximum atomic E-state index is 12.5.